The molecule has 0 unspecified atom stereocenters. The number of nitrogens with one attached hydrogen (secondary N) is 1. The zero-order valence-electron chi connectivity index (χ0n) is 14.2. The van der Waals surface area contributed by atoms with Crippen LogP contribution in [0.4, 0.5) is 24.8 Å². The maximum absolute atomic E-state index is 13.0. The molecule has 0 fully saturated rings. The van der Waals surface area contributed by atoms with Gasteiger partial charge in [-0.15, -0.1) is 11.3 Å². The number of hydrogen-bond donors (Lipinski definition) is 1. The lowest BCUT2D eigenvalue weighted by Crippen LogP contribution is -2.07. The molecule has 3 rings (SSSR count). The summed E-state index contributed by atoms with van der Waals surface area (Å²) in [6.45, 7) is 3.87. The Morgan fingerprint density at radius 3 is 2.50 bits per heavy atom. The normalized spacial score (nSPS) is 11.5. The van der Waals surface area contributed by atoms with E-state index in [0.717, 1.165) is 27.7 Å². The Kier molecular flexibility index (Phi) is 4.82. The van der Waals surface area contributed by atoms with Crippen LogP contribution in [0.2, 0.25) is 0 Å². The van der Waals surface area contributed by atoms with Gasteiger partial charge in [-0.25, -0.2) is 15.0 Å². The van der Waals surface area contributed by atoms with E-state index in [1.54, 1.807) is 6.07 Å². The van der Waals surface area contributed by atoms with E-state index in [1.807, 2.05) is 13.8 Å². The largest absolute Gasteiger partial charge is 0.497 e. The van der Waals surface area contributed by atoms with Gasteiger partial charge in [-0.1, -0.05) is 0 Å². The quantitative estimate of drug-likeness (QED) is 0.691. The van der Waals surface area contributed by atoms with Crippen LogP contribution in [-0.2, 0) is 6.18 Å². The number of halogens is 3. The molecule has 0 aliphatic heterocycles. The molecular formula is C17H15F3N4OS. The minimum Gasteiger partial charge on any atom is -0.497 e. The van der Waals surface area contributed by atoms with E-state index < -0.39 is 11.7 Å². The topological polar surface area (TPSA) is 59.9 Å². The summed E-state index contributed by atoms with van der Waals surface area (Å²) in [5, 5.41) is 3.53. The average Bonchev–Trinajstić information content (AvgIpc) is 2.93. The number of ether oxygens (including phenoxy) is 1. The molecule has 0 spiro atoms. The van der Waals surface area contributed by atoms with Crippen LogP contribution in [0.5, 0.6) is 5.75 Å². The third kappa shape index (κ3) is 3.93. The summed E-state index contributed by atoms with van der Waals surface area (Å²) in [7, 11) is 1.31. The molecular weight excluding hydrogens is 365 g/mol. The number of anilines is 2. The minimum absolute atomic E-state index is 0.0876. The van der Waals surface area contributed by atoms with Gasteiger partial charge in [0.2, 0.25) is 5.95 Å². The summed E-state index contributed by atoms with van der Waals surface area (Å²) in [4.78, 5) is 13.9. The monoisotopic (exact) mass is 380 g/mol. The van der Waals surface area contributed by atoms with E-state index in [9.17, 15) is 13.2 Å². The number of hydrogen-bond acceptors (Lipinski definition) is 6. The molecule has 136 valence electrons. The van der Waals surface area contributed by atoms with Crippen LogP contribution in [0.1, 0.15) is 16.1 Å². The molecule has 0 radical (unpaired) electrons. The molecule has 0 atom stereocenters. The van der Waals surface area contributed by atoms with Crippen LogP contribution < -0.4 is 10.1 Å². The first-order chi connectivity index (χ1) is 12.3. The highest BCUT2D eigenvalue weighted by atomic mass is 32.1. The second-order valence-electron chi connectivity index (χ2n) is 5.50. The summed E-state index contributed by atoms with van der Waals surface area (Å²) >= 11 is 1.50. The van der Waals surface area contributed by atoms with E-state index in [2.05, 4.69) is 20.3 Å². The van der Waals surface area contributed by atoms with Crippen LogP contribution in [0, 0.1) is 13.8 Å². The first-order valence-electron chi connectivity index (χ1n) is 7.57. The Bertz CT molecular complexity index is 920. The lowest BCUT2D eigenvalue weighted by atomic mass is 10.2. The highest BCUT2D eigenvalue weighted by molar-refractivity contribution is 7.15. The molecule has 26 heavy (non-hydrogen) atoms. The van der Waals surface area contributed by atoms with Crippen molar-refractivity contribution < 1.29 is 17.9 Å². The highest BCUT2D eigenvalue weighted by Crippen LogP contribution is 2.35. The molecule has 0 amide bonds. The number of alkyl halides is 3. The van der Waals surface area contributed by atoms with Crippen molar-refractivity contribution >= 4 is 23.0 Å². The number of aryl methyl sites for hydroxylation is 2. The fourth-order valence-electron chi connectivity index (χ4n) is 2.20. The van der Waals surface area contributed by atoms with E-state index in [-0.39, 0.29) is 17.4 Å². The van der Waals surface area contributed by atoms with Gasteiger partial charge >= 0.3 is 6.18 Å². The molecule has 0 bridgehead atoms. The molecule has 2 aromatic heterocycles. The van der Waals surface area contributed by atoms with Gasteiger partial charge in [-0.2, -0.15) is 13.2 Å². The van der Waals surface area contributed by atoms with Crippen LogP contribution in [0.3, 0.4) is 0 Å². The Balaban J connectivity index is 1.93. The van der Waals surface area contributed by atoms with Crippen molar-refractivity contribution in [3.05, 3.63) is 46.6 Å². The number of rotatable bonds is 4. The summed E-state index contributed by atoms with van der Waals surface area (Å²) in [5.74, 6) is 0.263. The molecule has 0 saturated carbocycles. The third-order valence-electron chi connectivity index (χ3n) is 3.63. The van der Waals surface area contributed by atoms with Crippen LogP contribution in [0.15, 0.2) is 30.5 Å². The van der Waals surface area contributed by atoms with Crippen molar-refractivity contribution in [2.45, 2.75) is 20.0 Å². The predicted molar refractivity (Wildman–Crippen MR) is 93.9 cm³/mol. The maximum Gasteiger partial charge on any atom is 0.416 e. The second kappa shape index (κ2) is 6.91. The van der Waals surface area contributed by atoms with Crippen molar-refractivity contribution in [1.82, 2.24) is 15.0 Å². The van der Waals surface area contributed by atoms with Crippen molar-refractivity contribution in [2.75, 3.05) is 12.4 Å². The molecule has 0 saturated heterocycles. The molecule has 2 heterocycles. The van der Waals surface area contributed by atoms with Gasteiger partial charge in [0.05, 0.1) is 18.4 Å². The average molecular weight is 380 g/mol. The third-order valence-corrected chi connectivity index (χ3v) is 4.72. The van der Waals surface area contributed by atoms with Gasteiger partial charge in [0, 0.05) is 22.8 Å². The summed E-state index contributed by atoms with van der Waals surface area (Å²) < 4.78 is 44.0. The van der Waals surface area contributed by atoms with Crippen LogP contribution >= 0.6 is 11.3 Å². The maximum atomic E-state index is 13.0. The first kappa shape index (κ1) is 18.1. The van der Waals surface area contributed by atoms with E-state index >= 15 is 0 Å². The van der Waals surface area contributed by atoms with E-state index in [0.29, 0.717) is 5.69 Å². The van der Waals surface area contributed by atoms with Crippen molar-refractivity contribution in [3.8, 4) is 16.5 Å². The van der Waals surface area contributed by atoms with Gasteiger partial charge in [0.1, 0.15) is 16.5 Å². The van der Waals surface area contributed by atoms with E-state index in [4.69, 9.17) is 4.74 Å². The lowest BCUT2D eigenvalue weighted by Gasteiger charge is -2.12. The highest BCUT2D eigenvalue weighted by Gasteiger charge is 2.31. The lowest BCUT2D eigenvalue weighted by molar-refractivity contribution is -0.137. The standard InChI is InChI=1S/C17H15F3N4OS/c1-9-10(2)26-15(22-9)14-4-5-21-16(24-14)23-12-6-11(17(18,19)20)7-13(8-12)25-3/h4-8H,1-3H3,(H,21,23,24). The zero-order valence-corrected chi connectivity index (χ0v) is 15.0. The Labute approximate surface area is 151 Å². The van der Waals surface area contributed by atoms with Gasteiger partial charge < -0.3 is 10.1 Å². The first-order valence-corrected chi connectivity index (χ1v) is 8.38. The minimum atomic E-state index is -4.48. The Morgan fingerprint density at radius 1 is 1.12 bits per heavy atom. The van der Waals surface area contributed by atoms with Gasteiger partial charge in [0.25, 0.3) is 0 Å². The molecule has 5 nitrogen and oxygen atoms in total. The molecule has 0 aliphatic carbocycles. The van der Waals surface area contributed by atoms with Gasteiger partial charge in [-0.3, -0.25) is 0 Å². The van der Waals surface area contributed by atoms with E-state index in [1.165, 1.54) is 30.7 Å². The molecule has 0 aliphatic rings. The Hall–Kier alpha value is -2.68. The number of methoxy groups -OCH3 is 1. The fraction of sp³-hybridized carbons (Fsp3) is 0.235. The molecule has 1 N–H and O–H groups in total. The molecule has 1 aromatic carbocycles. The predicted octanol–water partition coefficient (Wildman–Crippen LogP) is 4.99. The second-order valence-corrected chi connectivity index (χ2v) is 6.70. The van der Waals surface area contributed by atoms with Gasteiger partial charge in [-0.05, 0) is 32.0 Å². The SMILES string of the molecule is COc1cc(Nc2nccc(-c3nc(C)c(C)s3)n2)cc(C(F)(F)F)c1. The number of benzene rings is 1. The summed E-state index contributed by atoms with van der Waals surface area (Å²) in [6.07, 6.45) is -2.95. The van der Waals surface area contributed by atoms with Crippen molar-refractivity contribution in [3.63, 3.8) is 0 Å². The zero-order chi connectivity index (χ0) is 18.9. The summed E-state index contributed by atoms with van der Waals surface area (Å²) in [6, 6.07) is 5.07. The number of aromatic nitrogens is 3. The van der Waals surface area contributed by atoms with Gasteiger partial charge in [0.15, 0.2) is 0 Å². The number of nitrogens with zero attached hydrogens (tertiary/aromatic N) is 3. The van der Waals surface area contributed by atoms with Crippen molar-refractivity contribution in [1.29, 1.82) is 0 Å². The van der Waals surface area contributed by atoms with Crippen LogP contribution in [-0.4, -0.2) is 22.1 Å². The van der Waals surface area contributed by atoms with Crippen molar-refractivity contribution in [2.24, 2.45) is 0 Å². The molecule has 3 aromatic rings. The molecule has 9 heteroatoms. The number of thiazole rings is 1. The Morgan fingerprint density at radius 2 is 1.88 bits per heavy atom. The smallest absolute Gasteiger partial charge is 0.416 e. The summed E-state index contributed by atoms with van der Waals surface area (Å²) in [5.41, 5.74) is 0.880. The van der Waals surface area contributed by atoms with Crippen LogP contribution in [0.25, 0.3) is 10.7 Å². The fourth-order valence-corrected chi connectivity index (χ4v) is 3.09.